The van der Waals surface area contributed by atoms with Gasteiger partial charge in [-0.05, 0) is 55.4 Å². The second-order valence-electron chi connectivity index (χ2n) is 8.13. The van der Waals surface area contributed by atoms with Crippen molar-refractivity contribution < 1.29 is 19.7 Å². The van der Waals surface area contributed by atoms with Gasteiger partial charge in [-0.15, -0.1) is 0 Å². The molecule has 2 saturated carbocycles. The number of allylic oxidation sites excluding steroid dienone is 2. The van der Waals surface area contributed by atoms with Crippen LogP contribution in [0, 0.1) is 22.7 Å². The van der Waals surface area contributed by atoms with Gasteiger partial charge in [-0.25, -0.2) is 4.79 Å². The summed E-state index contributed by atoms with van der Waals surface area (Å²) in [7, 11) is 0. The summed E-state index contributed by atoms with van der Waals surface area (Å²) < 4.78 is 4.85. The van der Waals surface area contributed by atoms with Gasteiger partial charge in [0.05, 0.1) is 24.5 Å². The average Bonchev–Trinajstić information content (AvgIpc) is 2.96. The second-order valence-corrected chi connectivity index (χ2v) is 8.13. The van der Waals surface area contributed by atoms with Crippen LogP contribution in [-0.4, -0.2) is 28.9 Å². The summed E-state index contributed by atoms with van der Waals surface area (Å²) in [4.78, 5) is 11.6. The molecule has 2 fully saturated rings. The van der Waals surface area contributed by atoms with E-state index in [2.05, 4.69) is 13.5 Å². The number of aliphatic hydroxyl groups is 2. The number of hydrogen-bond acceptors (Lipinski definition) is 4. The first-order chi connectivity index (χ1) is 11.3. The Bertz CT molecular complexity index is 605. The third kappa shape index (κ3) is 2.56. The molecule has 5 atom stereocenters. The summed E-state index contributed by atoms with van der Waals surface area (Å²) in [6.45, 7) is 8.59. The van der Waals surface area contributed by atoms with Gasteiger partial charge in [-0.2, -0.15) is 0 Å². The van der Waals surface area contributed by atoms with E-state index in [1.165, 1.54) is 11.8 Å². The predicted octanol–water partition coefficient (Wildman–Crippen LogP) is 3.12. The maximum absolute atomic E-state index is 11.6. The minimum absolute atomic E-state index is 0.00374. The van der Waals surface area contributed by atoms with Crippen LogP contribution in [0.15, 0.2) is 36.1 Å². The number of carbonyl (C=O) groups excluding carboxylic acids is 1. The Hall–Kier alpha value is -1.39. The summed E-state index contributed by atoms with van der Waals surface area (Å²) >= 11 is 0. The molecule has 132 valence electrons. The molecule has 0 saturated heterocycles. The van der Waals surface area contributed by atoms with Crippen molar-refractivity contribution in [3.05, 3.63) is 36.1 Å². The van der Waals surface area contributed by atoms with Crippen LogP contribution in [0.3, 0.4) is 0 Å². The van der Waals surface area contributed by atoms with Crippen molar-refractivity contribution in [3.63, 3.8) is 0 Å². The molecule has 0 bridgehead atoms. The van der Waals surface area contributed by atoms with Gasteiger partial charge < -0.3 is 14.9 Å². The molecule has 3 rings (SSSR count). The smallest absolute Gasteiger partial charge is 0.342 e. The highest BCUT2D eigenvalue weighted by Gasteiger charge is 2.57. The minimum atomic E-state index is -0.467. The Morgan fingerprint density at radius 1 is 1.42 bits per heavy atom. The van der Waals surface area contributed by atoms with E-state index in [1.807, 2.05) is 13.0 Å². The Morgan fingerprint density at radius 3 is 2.79 bits per heavy atom. The molecule has 0 aromatic heterocycles. The fraction of sp³-hybridized carbons (Fsp3) is 0.650. The maximum Gasteiger partial charge on any atom is 0.342 e. The van der Waals surface area contributed by atoms with E-state index in [-0.39, 0.29) is 29.8 Å². The maximum atomic E-state index is 11.6. The first-order valence-corrected chi connectivity index (χ1v) is 8.87. The lowest BCUT2D eigenvalue weighted by Crippen LogP contribution is -2.57. The Kier molecular flexibility index (Phi) is 4.47. The van der Waals surface area contributed by atoms with Crippen LogP contribution in [0.1, 0.15) is 46.0 Å². The number of aliphatic hydroxyl groups excluding tert-OH is 2. The van der Waals surface area contributed by atoms with Crippen LogP contribution in [-0.2, 0) is 9.53 Å². The van der Waals surface area contributed by atoms with E-state index < -0.39 is 11.5 Å². The molecule has 4 heteroatoms. The van der Waals surface area contributed by atoms with E-state index >= 15 is 0 Å². The van der Waals surface area contributed by atoms with Gasteiger partial charge in [0.15, 0.2) is 0 Å². The van der Waals surface area contributed by atoms with Gasteiger partial charge in [-0.3, -0.25) is 0 Å². The van der Waals surface area contributed by atoms with Crippen LogP contribution >= 0.6 is 0 Å². The predicted molar refractivity (Wildman–Crippen MR) is 91.8 cm³/mol. The summed E-state index contributed by atoms with van der Waals surface area (Å²) in [5, 5.41) is 20.5. The lowest BCUT2D eigenvalue weighted by Gasteiger charge is -2.59. The quantitative estimate of drug-likeness (QED) is 0.473. The lowest BCUT2D eigenvalue weighted by molar-refractivity contribution is -0.151. The highest BCUT2D eigenvalue weighted by Crippen LogP contribution is 2.61. The standard InChI is InChI=1S/C20H28O4/c1-13-4-7-16-19(2,10-8-17(22)20(16,3)12-21)15(13)6-5-14-9-11-24-18(14)23/h5,9,11,15-17,21-22H,1,4,6-8,10,12H2,2-3H3/b14-5-/t15-,16-,17+,19+,20-/m0/s1. The molecule has 0 spiro atoms. The fourth-order valence-corrected chi connectivity index (χ4v) is 5.34. The van der Waals surface area contributed by atoms with E-state index in [1.54, 1.807) is 6.08 Å². The number of fused-ring (bicyclic) bond motifs is 1. The number of rotatable bonds is 3. The average molecular weight is 332 g/mol. The van der Waals surface area contributed by atoms with Crippen LogP contribution in [0.4, 0.5) is 0 Å². The monoisotopic (exact) mass is 332 g/mol. The number of hydrogen-bond donors (Lipinski definition) is 2. The zero-order valence-electron chi connectivity index (χ0n) is 14.6. The van der Waals surface area contributed by atoms with Crippen molar-refractivity contribution in [3.8, 4) is 0 Å². The Balaban J connectivity index is 1.89. The van der Waals surface area contributed by atoms with Crippen molar-refractivity contribution in [2.45, 2.75) is 52.1 Å². The normalized spacial score (nSPS) is 43.8. The summed E-state index contributed by atoms with van der Waals surface area (Å²) in [5.41, 5.74) is 1.34. The topological polar surface area (TPSA) is 66.8 Å². The molecule has 1 heterocycles. The Morgan fingerprint density at radius 2 is 2.17 bits per heavy atom. The van der Waals surface area contributed by atoms with Crippen LogP contribution in [0.2, 0.25) is 0 Å². The molecule has 0 radical (unpaired) electrons. The van der Waals surface area contributed by atoms with Gasteiger partial charge in [0.2, 0.25) is 0 Å². The fourth-order valence-electron chi connectivity index (χ4n) is 5.34. The van der Waals surface area contributed by atoms with Crippen molar-refractivity contribution in [1.29, 1.82) is 0 Å². The Labute approximate surface area is 143 Å². The molecule has 0 aromatic rings. The van der Waals surface area contributed by atoms with Gasteiger partial charge in [0.25, 0.3) is 0 Å². The van der Waals surface area contributed by atoms with Crippen molar-refractivity contribution in [1.82, 2.24) is 0 Å². The van der Waals surface area contributed by atoms with E-state index in [4.69, 9.17) is 4.74 Å². The summed E-state index contributed by atoms with van der Waals surface area (Å²) in [6, 6.07) is 0. The molecule has 0 amide bonds. The zero-order chi connectivity index (χ0) is 17.5. The highest BCUT2D eigenvalue weighted by atomic mass is 16.5. The van der Waals surface area contributed by atoms with Crippen LogP contribution in [0.25, 0.3) is 0 Å². The highest BCUT2D eigenvalue weighted by molar-refractivity contribution is 5.94. The number of esters is 1. The van der Waals surface area contributed by atoms with Gasteiger partial charge in [0.1, 0.15) is 0 Å². The SMILES string of the molecule is C=C1CC[C@@H]2[C@](C)(CO)[C@H](O)CC[C@]2(C)[C@H]1C/C=C1/C=COC1=O. The zero-order valence-corrected chi connectivity index (χ0v) is 14.6. The number of carbonyl (C=O) groups is 1. The first kappa shape index (κ1) is 17.4. The number of ether oxygens (including phenoxy) is 1. The molecule has 3 aliphatic rings. The van der Waals surface area contributed by atoms with E-state index in [0.717, 1.165) is 25.7 Å². The third-order valence-electron chi connectivity index (χ3n) is 6.93. The van der Waals surface area contributed by atoms with E-state index in [9.17, 15) is 15.0 Å². The second kappa shape index (κ2) is 6.16. The lowest BCUT2D eigenvalue weighted by atomic mass is 9.46. The van der Waals surface area contributed by atoms with Crippen molar-refractivity contribution in [2.24, 2.45) is 22.7 Å². The van der Waals surface area contributed by atoms with Crippen molar-refractivity contribution in [2.75, 3.05) is 6.61 Å². The van der Waals surface area contributed by atoms with Crippen molar-refractivity contribution >= 4 is 5.97 Å². The third-order valence-corrected chi connectivity index (χ3v) is 6.93. The molecule has 2 N–H and O–H groups in total. The first-order valence-electron chi connectivity index (χ1n) is 8.87. The molecular formula is C20H28O4. The van der Waals surface area contributed by atoms with E-state index in [0.29, 0.717) is 12.0 Å². The minimum Gasteiger partial charge on any atom is -0.431 e. The molecular weight excluding hydrogens is 304 g/mol. The van der Waals surface area contributed by atoms with Gasteiger partial charge in [-0.1, -0.05) is 32.1 Å². The molecule has 2 aliphatic carbocycles. The van der Waals surface area contributed by atoms with Crippen LogP contribution in [0.5, 0.6) is 0 Å². The molecule has 24 heavy (non-hydrogen) atoms. The van der Waals surface area contributed by atoms with Gasteiger partial charge >= 0.3 is 5.97 Å². The summed E-state index contributed by atoms with van der Waals surface area (Å²) in [6.07, 6.45) is 8.86. The molecule has 4 nitrogen and oxygen atoms in total. The molecule has 0 aromatic carbocycles. The molecule has 0 unspecified atom stereocenters. The molecule has 1 aliphatic heterocycles. The van der Waals surface area contributed by atoms with Crippen LogP contribution < -0.4 is 0 Å². The number of cyclic esters (lactones) is 1. The largest absolute Gasteiger partial charge is 0.431 e. The van der Waals surface area contributed by atoms with Gasteiger partial charge in [0, 0.05) is 5.41 Å². The summed E-state index contributed by atoms with van der Waals surface area (Å²) in [5.74, 6) is 0.208.